The molecular weight excluding hydrogens is 378 g/mol. The molecule has 4 nitrogen and oxygen atoms in total. The smallest absolute Gasteiger partial charge is 0.309 e. The number of para-hydroxylation sites is 1. The van der Waals surface area contributed by atoms with E-state index in [9.17, 15) is 9.59 Å². The van der Waals surface area contributed by atoms with Crippen molar-refractivity contribution >= 4 is 41.1 Å². The fourth-order valence-corrected chi connectivity index (χ4v) is 8.83. The maximum atomic E-state index is 12.8. The number of ether oxygens (including phenoxy) is 1. The molecular formula is C21H27NO3S2. The lowest BCUT2D eigenvalue weighted by atomic mass is 9.67. The monoisotopic (exact) mass is 405 g/mol. The molecule has 6 heteroatoms. The summed E-state index contributed by atoms with van der Waals surface area (Å²) in [5, 5.41) is 2.81. The first-order valence-corrected chi connectivity index (χ1v) is 11.9. The van der Waals surface area contributed by atoms with Crippen molar-refractivity contribution in [3.8, 4) is 0 Å². The van der Waals surface area contributed by atoms with Gasteiger partial charge in [-0.15, -0.1) is 23.5 Å². The molecule has 1 saturated heterocycles. The molecule has 0 aromatic heterocycles. The summed E-state index contributed by atoms with van der Waals surface area (Å²) in [6.45, 7) is 1.66. The van der Waals surface area contributed by atoms with Crippen molar-refractivity contribution in [2.45, 2.75) is 49.2 Å². The highest BCUT2D eigenvalue weighted by Gasteiger charge is 2.55. The highest BCUT2D eigenvalue weighted by molar-refractivity contribution is 8.21. The Bertz CT molecular complexity index is 674. The highest BCUT2D eigenvalue weighted by atomic mass is 32.2. The number of hydrogen-bond acceptors (Lipinski definition) is 5. The molecule has 1 unspecified atom stereocenters. The van der Waals surface area contributed by atoms with Crippen LogP contribution in [0.5, 0.6) is 0 Å². The molecule has 2 saturated carbocycles. The van der Waals surface area contributed by atoms with Gasteiger partial charge in [-0.1, -0.05) is 24.6 Å². The first kappa shape index (κ1) is 19.2. The van der Waals surface area contributed by atoms with Gasteiger partial charge in [0.15, 0.2) is 6.10 Å². The Morgan fingerprint density at radius 3 is 2.37 bits per heavy atom. The third-order valence-corrected chi connectivity index (χ3v) is 10.2. The first-order chi connectivity index (χ1) is 13.1. The second-order valence-corrected chi connectivity index (χ2v) is 10.8. The van der Waals surface area contributed by atoms with Crippen molar-refractivity contribution in [3.63, 3.8) is 0 Å². The van der Waals surface area contributed by atoms with E-state index in [1.165, 1.54) is 30.8 Å². The number of hydrogen-bond donors (Lipinski definition) is 1. The molecule has 3 aliphatic rings. The fourth-order valence-electron chi connectivity index (χ4n) is 4.89. The average Bonchev–Trinajstić information content (AvgIpc) is 3.11. The molecule has 1 aromatic carbocycles. The third-order valence-electron chi connectivity index (χ3n) is 6.16. The molecule has 27 heavy (non-hydrogen) atoms. The van der Waals surface area contributed by atoms with Crippen molar-refractivity contribution in [3.05, 3.63) is 30.3 Å². The number of esters is 1. The molecule has 1 spiro atoms. The van der Waals surface area contributed by atoms with Gasteiger partial charge in [0, 0.05) is 17.2 Å². The van der Waals surface area contributed by atoms with Crippen LogP contribution in [0.1, 0.15) is 39.0 Å². The van der Waals surface area contributed by atoms with Gasteiger partial charge >= 0.3 is 5.97 Å². The maximum Gasteiger partial charge on any atom is 0.309 e. The van der Waals surface area contributed by atoms with Crippen molar-refractivity contribution in [1.82, 2.24) is 0 Å². The van der Waals surface area contributed by atoms with Gasteiger partial charge in [-0.2, -0.15) is 0 Å². The van der Waals surface area contributed by atoms with Crippen LogP contribution >= 0.6 is 23.5 Å². The van der Waals surface area contributed by atoms with Gasteiger partial charge in [0.1, 0.15) is 0 Å². The van der Waals surface area contributed by atoms with Crippen molar-refractivity contribution < 1.29 is 14.3 Å². The molecule has 1 aliphatic heterocycles. The zero-order chi connectivity index (χ0) is 18.9. The van der Waals surface area contributed by atoms with Crippen molar-refractivity contribution in [2.75, 3.05) is 16.8 Å². The minimum absolute atomic E-state index is 0.0558. The summed E-state index contributed by atoms with van der Waals surface area (Å²) in [7, 11) is 0. The van der Waals surface area contributed by atoms with Gasteiger partial charge < -0.3 is 10.1 Å². The molecule has 1 heterocycles. The number of carbonyl (C=O) groups excluding carboxylic acids is 2. The Morgan fingerprint density at radius 1 is 1.11 bits per heavy atom. The van der Waals surface area contributed by atoms with Crippen molar-refractivity contribution in [2.24, 2.45) is 17.8 Å². The Kier molecular flexibility index (Phi) is 5.74. The summed E-state index contributed by atoms with van der Waals surface area (Å²) in [4.78, 5) is 25.1. The Morgan fingerprint density at radius 2 is 1.74 bits per heavy atom. The number of amides is 1. The molecule has 2 bridgehead atoms. The van der Waals surface area contributed by atoms with Crippen LogP contribution in [-0.2, 0) is 14.3 Å². The number of carbonyl (C=O) groups is 2. The molecule has 2 aliphatic carbocycles. The normalized spacial score (nSPS) is 29.9. The topological polar surface area (TPSA) is 55.4 Å². The summed E-state index contributed by atoms with van der Waals surface area (Å²) >= 11 is 4.28. The van der Waals surface area contributed by atoms with Crippen LogP contribution in [0.3, 0.4) is 0 Å². The van der Waals surface area contributed by atoms with Crippen LogP contribution in [0.15, 0.2) is 30.3 Å². The van der Waals surface area contributed by atoms with Gasteiger partial charge in [-0.25, -0.2) is 0 Å². The maximum absolute atomic E-state index is 12.8. The van der Waals surface area contributed by atoms with E-state index in [1.54, 1.807) is 6.92 Å². The van der Waals surface area contributed by atoms with E-state index in [4.69, 9.17) is 4.74 Å². The SMILES string of the molecule is C[C@H](OC(=O)C1C[C@H]2CCC[C@@H](C1)C21SCCS1)C(=O)Nc1ccccc1. The van der Waals surface area contributed by atoms with Crippen molar-refractivity contribution in [1.29, 1.82) is 0 Å². The van der Waals surface area contributed by atoms with Gasteiger partial charge in [0.2, 0.25) is 0 Å². The summed E-state index contributed by atoms with van der Waals surface area (Å²) < 4.78 is 5.93. The van der Waals surface area contributed by atoms with Gasteiger partial charge in [0.05, 0.1) is 10.00 Å². The highest BCUT2D eigenvalue weighted by Crippen LogP contribution is 2.64. The van der Waals surface area contributed by atoms with E-state index in [0.29, 0.717) is 15.9 Å². The zero-order valence-electron chi connectivity index (χ0n) is 15.7. The summed E-state index contributed by atoms with van der Waals surface area (Å²) in [5.74, 6) is 3.17. The van der Waals surface area contributed by atoms with E-state index < -0.39 is 6.10 Å². The number of benzene rings is 1. The van der Waals surface area contributed by atoms with Crippen LogP contribution in [0.25, 0.3) is 0 Å². The lowest BCUT2D eigenvalue weighted by Crippen LogP contribution is -2.48. The molecule has 146 valence electrons. The summed E-state index contributed by atoms with van der Waals surface area (Å²) in [6.07, 6.45) is 4.80. The standard InChI is InChI=1S/C21H27NO3S2/c1-14(19(23)22-18-8-3-2-4-9-18)25-20(24)15-12-16-6-5-7-17(13-15)21(16)26-10-11-27-21/h2-4,8-9,14-17H,5-7,10-13H2,1H3,(H,22,23)/t14-,15?,16-,17+/m0/s1. The van der Waals surface area contributed by atoms with Crippen LogP contribution in [0.4, 0.5) is 5.69 Å². The second-order valence-electron chi connectivity index (χ2n) is 7.85. The average molecular weight is 406 g/mol. The second kappa shape index (κ2) is 8.08. The van der Waals surface area contributed by atoms with E-state index in [0.717, 1.165) is 18.5 Å². The van der Waals surface area contributed by atoms with Crippen LogP contribution in [0.2, 0.25) is 0 Å². The van der Waals surface area contributed by atoms with E-state index >= 15 is 0 Å². The Hall–Kier alpha value is -1.14. The Labute approximate surface area is 169 Å². The minimum Gasteiger partial charge on any atom is -0.452 e. The number of nitrogens with one attached hydrogen (secondary N) is 1. The number of rotatable bonds is 4. The van der Waals surface area contributed by atoms with E-state index in [2.05, 4.69) is 28.8 Å². The number of anilines is 1. The third kappa shape index (κ3) is 3.88. The van der Waals surface area contributed by atoms with Crippen LogP contribution in [0, 0.1) is 17.8 Å². The first-order valence-electron chi connectivity index (χ1n) is 9.93. The largest absolute Gasteiger partial charge is 0.452 e. The quantitative estimate of drug-likeness (QED) is 0.744. The summed E-state index contributed by atoms with van der Waals surface area (Å²) in [5.41, 5.74) is 0.717. The lowest BCUT2D eigenvalue weighted by molar-refractivity contribution is -0.159. The molecule has 4 atom stereocenters. The predicted octanol–water partition coefficient (Wildman–Crippen LogP) is 4.56. The van der Waals surface area contributed by atoms with Crippen LogP contribution in [-0.4, -0.2) is 33.6 Å². The number of thioether (sulfide) groups is 2. The molecule has 3 fully saturated rings. The minimum atomic E-state index is -0.774. The lowest BCUT2D eigenvalue weighted by Gasteiger charge is -2.51. The van der Waals surface area contributed by atoms with Gasteiger partial charge in [-0.05, 0) is 56.6 Å². The molecule has 1 amide bonds. The fraction of sp³-hybridized carbons (Fsp3) is 0.619. The molecule has 1 aromatic rings. The zero-order valence-corrected chi connectivity index (χ0v) is 17.3. The molecule has 4 rings (SSSR count). The van der Waals surface area contributed by atoms with E-state index in [1.807, 2.05) is 30.3 Å². The van der Waals surface area contributed by atoms with E-state index in [-0.39, 0.29) is 17.8 Å². The van der Waals surface area contributed by atoms with Crippen LogP contribution < -0.4 is 5.32 Å². The molecule has 0 radical (unpaired) electrons. The van der Waals surface area contributed by atoms with Gasteiger partial charge in [-0.3, -0.25) is 9.59 Å². The summed E-state index contributed by atoms with van der Waals surface area (Å²) in [6, 6.07) is 9.27. The molecule has 1 N–H and O–H groups in total. The van der Waals surface area contributed by atoms with Gasteiger partial charge in [0.25, 0.3) is 5.91 Å². The predicted molar refractivity (Wildman–Crippen MR) is 112 cm³/mol. The Balaban J connectivity index is 1.35.